The van der Waals surface area contributed by atoms with Gasteiger partial charge in [0.25, 0.3) is 5.91 Å². The largest absolute Gasteiger partial charge is 0.452 e. The first-order chi connectivity index (χ1) is 14.0. The summed E-state index contributed by atoms with van der Waals surface area (Å²) in [7, 11) is -0.985. The van der Waals surface area contributed by atoms with Gasteiger partial charge in [-0.1, -0.05) is 12.1 Å². The third kappa shape index (κ3) is 5.88. The number of aryl methyl sites for hydroxylation is 2. The van der Waals surface area contributed by atoms with Crippen LogP contribution in [0.1, 0.15) is 21.5 Å². The van der Waals surface area contributed by atoms with Crippen molar-refractivity contribution in [1.82, 2.24) is 9.62 Å². The molecule has 160 valence electrons. The van der Waals surface area contributed by atoms with E-state index in [4.69, 9.17) is 4.74 Å². The number of amides is 3. The van der Waals surface area contributed by atoms with Crippen LogP contribution in [0.25, 0.3) is 0 Å². The van der Waals surface area contributed by atoms with Crippen molar-refractivity contribution in [2.45, 2.75) is 18.7 Å². The molecular formula is C20H23N3O6S. The van der Waals surface area contributed by atoms with Crippen LogP contribution in [-0.4, -0.2) is 51.3 Å². The molecule has 0 spiro atoms. The number of ether oxygens (including phenoxy) is 1. The summed E-state index contributed by atoms with van der Waals surface area (Å²) in [5.74, 6) is -1.72. The highest BCUT2D eigenvalue weighted by Gasteiger charge is 2.20. The average Bonchev–Trinajstić information content (AvgIpc) is 2.68. The number of esters is 1. The standard InChI is InChI=1S/C20H23N3O6S/c1-13-8-9-16(10-14(13)2)21-20(26)22-18(24)12-29-19(25)15-6-5-7-17(11-15)30(27,28)23(3)4/h5-11H,12H2,1-4H3,(H2,21,22,24,26). The van der Waals surface area contributed by atoms with Gasteiger partial charge < -0.3 is 10.1 Å². The molecule has 0 atom stereocenters. The molecular weight excluding hydrogens is 410 g/mol. The van der Waals surface area contributed by atoms with Crippen molar-refractivity contribution in [3.63, 3.8) is 0 Å². The minimum absolute atomic E-state index is 0.0368. The van der Waals surface area contributed by atoms with E-state index in [-0.39, 0.29) is 10.5 Å². The fourth-order valence-electron chi connectivity index (χ4n) is 2.35. The maximum absolute atomic E-state index is 12.1. The Morgan fingerprint density at radius 3 is 2.33 bits per heavy atom. The van der Waals surface area contributed by atoms with Crippen molar-refractivity contribution in [3.8, 4) is 0 Å². The van der Waals surface area contributed by atoms with E-state index in [0.29, 0.717) is 5.69 Å². The number of nitrogens with one attached hydrogen (secondary N) is 2. The van der Waals surface area contributed by atoms with Gasteiger partial charge in [0.05, 0.1) is 10.5 Å². The summed E-state index contributed by atoms with van der Waals surface area (Å²) in [5.41, 5.74) is 2.52. The topological polar surface area (TPSA) is 122 Å². The quantitative estimate of drug-likeness (QED) is 0.673. The van der Waals surface area contributed by atoms with E-state index >= 15 is 0 Å². The van der Waals surface area contributed by atoms with Crippen molar-refractivity contribution in [2.24, 2.45) is 0 Å². The van der Waals surface area contributed by atoms with Gasteiger partial charge in [0, 0.05) is 19.8 Å². The second kappa shape index (κ2) is 9.51. The third-order valence-corrected chi connectivity index (χ3v) is 6.01. The van der Waals surface area contributed by atoms with Gasteiger partial charge in [-0.2, -0.15) is 0 Å². The van der Waals surface area contributed by atoms with Gasteiger partial charge in [-0.3, -0.25) is 10.1 Å². The molecule has 0 aromatic heterocycles. The zero-order valence-corrected chi connectivity index (χ0v) is 17.9. The molecule has 0 heterocycles. The lowest BCUT2D eigenvalue weighted by molar-refractivity contribution is -0.123. The number of carbonyl (C=O) groups is 3. The molecule has 2 N–H and O–H groups in total. The third-order valence-electron chi connectivity index (χ3n) is 4.20. The first-order valence-electron chi connectivity index (χ1n) is 8.88. The number of hydrogen-bond donors (Lipinski definition) is 2. The fraction of sp³-hybridized carbons (Fsp3) is 0.250. The number of hydrogen-bond acceptors (Lipinski definition) is 6. The zero-order chi connectivity index (χ0) is 22.5. The lowest BCUT2D eigenvalue weighted by Gasteiger charge is -2.12. The molecule has 0 aliphatic carbocycles. The Bertz CT molecular complexity index is 1080. The summed E-state index contributed by atoms with van der Waals surface area (Å²) in [4.78, 5) is 35.8. The number of anilines is 1. The molecule has 2 aromatic rings. The molecule has 0 bridgehead atoms. The first-order valence-corrected chi connectivity index (χ1v) is 10.3. The Balaban J connectivity index is 1.92. The molecule has 9 nitrogen and oxygen atoms in total. The number of urea groups is 1. The molecule has 0 saturated heterocycles. The summed E-state index contributed by atoms with van der Waals surface area (Å²) in [6, 6.07) is 9.77. The van der Waals surface area contributed by atoms with Gasteiger partial charge >= 0.3 is 12.0 Å². The van der Waals surface area contributed by atoms with Crippen LogP contribution in [0.2, 0.25) is 0 Å². The predicted molar refractivity (Wildman–Crippen MR) is 111 cm³/mol. The molecule has 0 fully saturated rings. The molecule has 0 unspecified atom stereocenters. The number of nitrogens with zero attached hydrogens (tertiary/aromatic N) is 1. The Hall–Kier alpha value is -3.24. The molecule has 10 heteroatoms. The first kappa shape index (κ1) is 23.0. The van der Waals surface area contributed by atoms with Crippen LogP contribution in [0, 0.1) is 13.8 Å². The second-order valence-corrected chi connectivity index (χ2v) is 8.84. The fourth-order valence-corrected chi connectivity index (χ4v) is 3.30. The summed E-state index contributed by atoms with van der Waals surface area (Å²) in [5, 5.41) is 4.56. The number of sulfonamides is 1. The zero-order valence-electron chi connectivity index (χ0n) is 17.1. The van der Waals surface area contributed by atoms with Crippen LogP contribution >= 0.6 is 0 Å². The van der Waals surface area contributed by atoms with E-state index in [1.54, 1.807) is 12.1 Å². The van der Waals surface area contributed by atoms with Crippen molar-refractivity contribution >= 4 is 33.6 Å². The van der Waals surface area contributed by atoms with Gasteiger partial charge in [-0.25, -0.2) is 22.3 Å². The van der Waals surface area contributed by atoms with E-state index in [0.717, 1.165) is 21.5 Å². The molecule has 0 radical (unpaired) electrons. The minimum atomic E-state index is -3.72. The van der Waals surface area contributed by atoms with Gasteiger partial charge in [-0.05, 0) is 55.3 Å². The van der Waals surface area contributed by atoms with Gasteiger partial charge in [0.15, 0.2) is 6.61 Å². The smallest absolute Gasteiger partial charge is 0.338 e. The van der Waals surface area contributed by atoms with Crippen molar-refractivity contribution in [2.75, 3.05) is 26.0 Å². The van der Waals surface area contributed by atoms with E-state index in [9.17, 15) is 22.8 Å². The maximum Gasteiger partial charge on any atom is 0.338 e. The van der Waals surface area contributed by atoms with E-state index < -0.39 is 34.5 Å². The average molecular weight is 433 g/mol. The highest BCUT2D eigenvalue weighted by atomic mass is 32.2. The van der Waals surface area contributed by atoms with Crippen LogP contribution in [-0.2, 0) is 19.6 Å². The van der Waals surface area contributed by atoms with Crippen LogP contribution in [0.3, 0.4) is 0 Å². The van der Waals surface area contributed by atoms with E-state index in [1.807, 2.05) is 19.9 Å². The normalized spacial score (nSPS) is 11.1. The van der Waals surface area contributed by atoms with Crippen molar-refractivity contribution in [3.05, 3.63) is 59.2 Å². The van der Waals surface area contributed by atoms with Gasteiger partial charge in [-0.15, -0.1) is 0 Å². The maximum atomic E-state index is 12.1. The Kier molecular flexibility index (Phi) is 7.30. The number of rotatable bonds is 6. The Morgan fingerprint density at radius 1 is 1.00 bits per heavy atom. The summed E-state index contributed by atoms with van der Waals surface area (Å²) < 4.78 is 30.2. The van der Waals surface area contributed by atoms with Gasteiger partial charge in [0.1, 0.15) is 0 Å². The highest BCUT2D eigenvalue weighted by molar-refractivity contribution is 7.89. The summed E-state index contributed by atoms with van der Waals surface area (Å²) >= 11 is 0. The SMILES string of the molecule is Cc1ccc(NC(=O)NC(=O)COC(=O)c2cccc(S(=O)(=O)N(C)C)c2)cc1C. The lowest BCUT2D eigenvalue weighted by atomic mass is 10.1. The molecule has 30 heavy (non-hydrogen) atoms. The second-order valence-electron chi connectivity index (χ2n) is 6.69. The number of carbonyl (C=O) groups excluding carboxylic acids is 3. The summed E-state index contributed by atoms with van der Waals surface area (Å²) in [6.07, 6.45) is 0. The Labute approximate surface area is 175 Å². The Morgan fingerprint density at radius 2 is 1.70 bits per heavy atom. The van der Waals surface area contributed by atoms with E-state index in [1.165, 1.54) is 32.3 Å². The minimum Gasteiger partial charge on any atom is -0.452 e. The monoisotopic (exact) mass is 433 g/mol. The molecule has 0 aliphatic heterocycles. The molecule has 2 rings (SSSR count). The summed E-state index contributed by atoms with van der Waals surface area (Å²) in [6.45, 7) is 3.12. The number of imide groups is 1. The van der Waals surface area contributed by atoms with Crippen LogP contribution in [0.15, 0.2) is 47.4 Å². The number of benzene rings is 2. The lowest BCUT2D eigenvalue weighted by Crippen LogP contribution is -2.37. The van der Waals surface area contributed by atoms with Crippen molar-refractivity contribution < 1.29 is 27.5 Å². The van der Waals surface area contributed by atoms with Crippen LogP contribution in [0.4, 0.5) is 10.5 Å². The molecule has 3 amide bonds. The molecule has 2 aromatic carbocycles. The molecule has 0 aliphatic rings. The van der Waals surface area contributed by atoms with Crippen molar-refractivity contribution in [1.29, 1.82) is 0 Å². The predicted octanol–water partition coefficient (Wildman–Crippen LogP) is 2.06. The molecule has 0 saturated carbocycles. The van der Waals surface area contributed by atoms with E-state index in [2.05, 4.69) is 10.6 Å². The highest BCUT2D eigenvalue weighted by Crippen LogP contribution is 2.16. The van der Waals surface area contributed by atoms with Crippen LogP contribution < -0.4 is 10.6 Å². The van der Waals surface area contributed by atoms with Gasteiger partial charge in [0.2, 0.25) is 10.0 Å². The van der Waals surface area contributed by atoms with Crippen LogP contribution in [0.5, 0.6) is 0 Å².